The highest BCUT2D eigenvalue weighted by molar-refractivity contribution is 6.03. The maximum absolute atomic E-state index is 13.1. The standard InChI is InChI=1S/C21H22N2O4/c1-3-12-10-23(11-24)17-8-15-13-6-4-5-7-16(13)22-20(15)18(25)9-14(12)19(17)21(26)27-2/h3-7,11,14,17,19,22H,8-10H2,1-2H3/b12-3-/t14-,17-,19-/m0/s1. The van der Waals surface area contributed by atoms with Crippen LogP contribution in [0, 0.1) is 11.8 Å². The van der Waals surface area contributed by atoms with Crippen molar-refractivity contribution in [2.75, 3.05) is 13.7 Å². The van der Waals surface area contributed by atoms with E-state index in [0.29, 0.717) is 18.7 Å². The molecule has 1 fully saturated rings. The number of allylic oxidation sites excluding steroid dienone is 1. The summed E-state index contributed by atoms with van der Waals surface area (Å²) in [4.78, 5) is 42.5. The Balaban J connectivity index is 1.92. The van der Waals surface area contributed by atoms with Crippen molar-refractivity contribution < 1.29 is 19.1 Å². The van der Waals surface area contributed by atoms with Crippen molar-refractivity contribution in [2.45, 2.75) is 25.8 Å². The van der Waals surface area contributed by atoms with Crippen molar-refractivity contribution in [3.8, 4) is 0 Å². The van der Waals surface area contributed by atoms with Crippen LogP contribution >= 0.6 is 0 Å². The second-order valence-electron chi connectivity index (χ2n) is 7.22. The van der Waals surface area contributed by atoms with Gasteiger partial charge in [-0.05, 0) is 25.0 Å². The first kappa shape index (κ1) is 17.5. The highest BCUT2D eigenvalue weighted by Crippen LogP contribution is 2.41. The number of likely N-dealkylation sites (tertiary alicyclic amines) is 1. The number of aromatic amines is 1. The second kappa shape index (κ2) is 6.68. The number of H-pyrrole nitrogens is 1. The maximum Gasteiger partial charge on any atom is 0.311 e. The topological polar surface area (TPSA) is 79.5 Å². The van der Waals surface area contributed by atoms with Crippen LogP contribution in [0.4, 0.5) is 0 Å². The van der Waals surface area contributed by atoms with E-state index in [-0.39, 0.29) is 30.1 Å². The molecule has 2 bridgehead atoms. The minimum absolute atomic E-state index is 0.00236. The number of ketones is 1. The molecule has 1 aromatic heterocycles. The number of piperidine rings is 1. The lowest BCUT2D eigenvalue weighted by Crippen LogP contribution is -2.54. The third-order valence-electron chi connectivity index (χ3n) is 6.01. The van der Waals surface area contributed by atoms with Gasteiger partial charge in [-0.2, -0.15) is 0 Å². The van der Waals surface area contributed by atoms with Crippen LogP contribution in [0.2, 0.25) is 0 Å². The predicted molar refractivity (Wildman–Crippen MR) is 100 cm³/mol. The number of fused-ring (bicyclic) bond motifs is 5. The summed E-state index contributed by atoms with van der Waals surface area (Å²) < 4.78 is 5.07. The van der Waals surface area contributed by atoms with Gasteiger partial charge in [0.1, 0.15) is 0 Å². The van der Waals surface area contributed by atoms with Crippen molar-refractivity contribution in [3.05, 3.63) is 47.2 Å². The van der Waals surface area contributed by atoms with E-state index in [0.717, 1.165) is 28.4 Å². The number of nitrogens with zero attached hydrogens (tertiary/aromatic N) is 1. The largest absolute Gasteiger partial charge is 0.469 e. The number of hydrogen-bond acceptors (Lipinski definition) is 4. The number of benzene rings is 1. The molecular formula is C21H22N2O4. The summed E-state index contributed by atoms with van der Waals surface area (Å²) in [5.41, 5.74) is 3.30. The molecular weight excluding hydrogens is 344 g/mol. The number of Topliss-reactive ketones (excluding diaryl/α,β-unsaturated/α-hetero) is 1. The van der Waals surface area contributed by atoms with Crippen LogP contribution in [0.15, 0.2) is 35.9 Å². The van der Waals surface area contributed by atoms with Crippen molar-refractivity contribution >= 4 is 29.1 Å². The van der Waals surface area contributed by atoms with Gasteiger partial charge >= 0.3 is 5.97 Å². The third kappa shape index (κ3) is 2.67. The molecule has 1 saturated heterocycles. The SMILES string of the molecule is C/C=C1/CN(C=O)[C@H]2Cc3c([nH]c4ccccc34)C(=O)C[C@@H]1[C@@H]2C(=O)OC. The first-order chi connectivity index (χ1) is 13.1. The molecule has 0 spiro atoms. The lowest BCUT2D eigenvalue weighted by molar-refractivity contribution is -0.152. The highest BCUT2D eigenvalue weighted by atomic mass is 16.5. The molecule has 6 nitrogen and oxygen atoms in total. The summed E-state index contributed by atoms with van der Waals surface area (Å²) in [7, 11) is 1.36. The van der Waals surface area contributed by atoms with Gasteiger partial charge in [0.2, 0.25) is 6.41 Å². The van der Waals surface area contributed by atoms with Crippen LogP contribution < -0.4 is 0 Å². The number of amides is 1. The van der Waals surface area contributed by atoms with E-state index in [9.17, 15) is 14.4 Å². The number of aromatic nitrogens is 1. The lowest BCUT2D eigenvalue weighted by Gasteiger charge is -2.45. The minimum atomic E-state index is -0.550. The summed E-state index contributed by atoms with van der Waals surface area (Å²) in [6.07, 6.45) is 3.38. The average molecular weight is 366 g/mol. The number of rotatable bonds is 2. The van der Waals surface area contributed by atoms with Crippen molar-refractivity contribution in [1.29, 1.82) is 0 Å². The van der Waals surface area contributed by atoms with Crippen LogP contribution in [0.3, 0.4) is 0 Å². The third-order valence-corrected chi connectivity index (χ3v) is 6.01. The van der Waals surface area contributed by atoms with E-state index in [1.165, 1.54) is 7.11 Å². The molecule has 1 aliphatic carbocycles. The number of carbonyl (C=O) groups is 3. The van der Waals surface area contributed by atoms with Gasteiger partial charge in [-0.15, -0.1) is 0 Å². The van der Waals surface area contributed by atoms with Crippen LogP contribution in [-0.4, -0.2) is 47.7 Å². The average Bonchev–Trinajstić information content (AvgIpc) is 3.05. The highest BCUT2D eigenvalue weighted by Gasteiger charge is 2.47. The Morgan fingerprint density at radius 3 is 2.78 bits per heavy atom. The van der Waals surface area contributed by atoms with Gasteiger partial charge < -0.3 is 14.6 Å². The number of esters is 1. The fraction of sp³-hybridized carbons (Fsp3) is 0.381. The lowest BCUT2D eigenvalue weighted by atomic mass is 9.70. The van der Waals surface area contributed by atoms with Crippen molar-refractivity contribution in [3.63, 3.8) is 0 Å². The zero-order valence-electron chi connectivity index (χ0n) is 15.4. The Hall–Kier alpha value is -2.89. The molecule has 140 valence electrons. The smallest absolute Gasteiger partial charge is 0.311 e. The summed E-state index contributed by atoms with van der Waals surface area (Å²) >= 11 is 0. The number of nitrogens with one attached hydrogen (secondary N) is 1. The fourth-order valence-electron chi connectivity index (χ4n) is 4.69. The van der Waals surface area contributed by atoms with Gasteiger partial charge in [0.15, 0.2) is 5.78 Å². The first-order valence-electron chi connectivity index (χ1n) is 9.15. The molecule has 1 N–H and O–H groups in total. The quantitative estimate of drug-likeness (QED) is 0.503. The van der Waals surface area contributed by atoms with Crippen LogP contribution in [0.5, 0.6) is 0 Å². The summed E-state index contributed by atoms with van der Waals surface area (Å²) in [6, 6.07) is 7.41. The van der Waals surface area contributed by atoms with Crippen LogP contribution in [0.1, 0.15) is 29.4 Å². The Bertz CT molecular complexity index is 958. The zero-order chi connectivity index (χ0) is 19.1. The fourth-order valence-corrected chi connectivity index (χ4v) is 4.69. The first-order valence-corrected chi connectivity index (χ1v) is 9.15. The predicted octanol–water partition coefficient (Wildman–Crippen LogP) is 2.49. The normalized spacial score (nSPS) is 26.4. The molecule has 1 amide bonds. The van der Waals surface area contributed by atoms with E-state index < -0.39 is 5.92 Å². The zero-order valence-corrected chi connectivity index (χ0v) is 15.4. The number of para-hydroxylation sites is 1. The Kier molecular flexibility index (Phi) is 4.34. The Morgan fingerprint density at radius 2 is 2.07 bits per heavy atom. The molecule has 3 atom stereocenters. The van der Waals surface area contributed by atoms with Gasteiger partial charge in [-0.1, -0.05) is 29.8 Å². The molecule has 1 aromatic carbocycles. The second-order valence-corrected chi connectivity index (χ2v) is 7.22. The number of ether oxygens (including phenoxy) is 1. The van der Waals surface area contributed by atoms with E-state index in [4.69, 9.17) is 4.74 Å². The molecule has 2 heterocycles. The van der Waals surface area contributed by atoms with Gasteiger partial charge in [-0.25, -0.2) is 0 Å². The molecule has 1 aliphatic heterocycles. The van der Waals surface area contributed by atoms with Gasteiger partial charge in [-0.3, -0.25) is 14.4 Å². The van der Waals surface area contributed by atoms with Gasteiger partial charge in [0.25, 0.3) is 0 Å². The molecule has 2 aromatic rings. The van der Waals surface area contributed by atoms with Crippen LogP contribution in [0.25, 0.3) is 10.9 Å². The number of methoxy groups -OCH3 is 1. The maximum atomic E-state index is 13.1. The van der Waals surface area contributed by atoms with Crippen LogP contribution in [-0.2, 0) is 20.7 Å². The molecule has 0 unspecified atom stereocenters. The molecule has 27 heavy (non-hydrogen) atoms. The van der Waals surface area contributed by atoms with E-state index in [2.05, 4.69) is 4.98 Å². The van der Waals surface area contributed by atoms with E-state index in [1.807, 2.05) is 37.3 Å². The Morgan fingerprint density at radius 1 is 1.30 bits per heavy atom. The molecule has 2 aliphatic rings. The molecule has 0 saturated carbocycles. The summed E-state index contributed by atoms with van der Waals surface area (Å²) in [5, 5.41) is 0.964. The summed E-state index contributed by atoms with van der Waals surface area (Å²) in [5.74, 6) is -1.17. The van der Waals surface area contributed by atoms with E-state index in [1.54, 1.807) is 4.90 Å². The molecule has 4 rings (SSSR count). The minimum Gasteiger partial charge on any atom is -0.469 e. The van der Waals surface area contributed by atoms with Gasteiger partial charge in [0, 0.05) is 35.8 Å². The van der Waals surface area contributed by atoms with Crippen molar-refractivity contribution in [1.82, 2.24) is 9.88 Å². The summed E-state index contributed by atoms with van der Waals surface area (Å²) in [6.45, 7) is 2.32. The molecule has 6 heteroatoms. The Labute approximate surface area is 157 Å². The molecule has 0 radical (unpaired) electrons. The number of hydrogen-bond donors (Lipinski definition) is 1. The van der Waals surface area contributed by atoms with E-state index >= 15 is 0 Å². The number of carbonyl (C=O) groups excluding carboxylic acids is 3. The monoisotopic (exact) mass is 366 g/mol. The van der Waals surface area contributed by atoms with Gasteiger partial charge in [0.05, 0.1) is 18.7 Å². The van der Waals surface area contributed by atoms with Crippen molar-refractivity contribution in [2.24, 2.45) is 11.8 Å².